The number of hydrogen-bond donors (Lipinski definition) is 3. The molecule has 1 saturated carbocycles. The van der Waals surface area contributed by atoms with E-state index in [2.05, 4.69) is 10.7 Å². The second-order valence-corrected chi connectivity index (χ2v) is 4.52. The fourth-order valence-electron chi connectivity index (χ4n) is 2.16. The number of carbonyl (C=O) groups is 2. The van der Waals surface area contributed by atoms with Gasteiger partial charge in [0, 0.05) is 14.1 Å². The summed E-state index contributed by atoms with van der Waals surface area (Å²) < 4.78 is 0. The second-order valence-electron chi connectivity index (χ2n) is 4.52. The molecule has 92 valence electrons. The van der Waals surface area contributed by atoms with Crippen LogP contribution in [0.3, 0.4) is 0 Å². The molecule has 16 heavy (non-hydrogen) atoms. The van der Waals surface area contributed by atoms with Crippen LogP contribution >= 0.6 is 0 Å². The molecule has 6 nitrogen and oxygen atoms in total. The quantitative estimate of drug-likeness (QED) is 0.615. The van der Waals surface area contributed by atoms with Crippen LogP contribution in [0.25, 0.3) is 0 Å². The van der Waals surface area contributed by atoms with E-state index in [1.54, 1.807) is 14.1 Å². The van der Waals surface area contributed by atoms with Crippen LogP contribution in [-0.4, -0.2) is 41.8 Å². The van der Waals surface area contributed by atoms with Gasteiger partial charge in [0.1, 0.15) is 0 Å². The summed E-state index contributed by atoms with van der Waals surface area (Å²) in [6.07, 6.45) is 3.40. The van der Waals surface area contributed by atoms with Crippen molar-refractivity contribution in [2.24, 2.45) is 0 Å². The summed E-state index contributed by atoms with van der Waals surface area (Å²) in [4.78, 5) is 22.3. The molecule has 0 aromatic carbocycles. The Balaban J connectivity index is 2.57. The van der Waals surface area contributed by atoms with Gasteiger partial charge in [0.2, 0.25) is 0 Å². The van der Waals surface area contributed by atoms with Gasteiger partial charge < -0.3 is 10.4 Å². The molecule has 0 aromatic rings. The fraction of sp³-hybridized carbons (Fsp3) is 0.800. The van der Waals surface area contributed by atoms with Crippen molar-refractivity contribution in [2.75, 3.05) is 14.1 Å². The number of rotatable bonds is 4. The molecule has 0 aromatic heterocycles. The standard InChI is InChI=1S/C10H19N3O3/c1-13(2)12-9(16)11-10(7-8(14)15)5-3-4-6-10/h3-7H2,1-2H3,(H,14,15)(H2,11,12,16). The molecule has 0 radical (unpaired) electrons. The van der Waals surface area contributed by atoms with E-state index < -0.39 is 11.5 Å². The molecular formula is C10H19N3O3. The minimum atomic E-state index is -0.868. The SMILES string of the molecule is CN(C)NC(=O)NC1(CC(=O)O)CCCC1. The highest BCUT2D eigenvalue weighted by Crippen LogP contribution is 2.32. The Morgan fingerprint density at radius 1 is 1.31 bits per heavy atom. The third-order valence-electron chi connectivity index (χ3n) is 2.75. The molecule has 0 aliphatic heterocycles. The summed E-state index contributed by atoms with van der Waals surface area (Å²) in [5.41, 5.74) is 1.99. The van der Waals surface area contributed by atoms with Crippen molar-refractivity contribution in [3.63, 3.8) is 0 Å². The maximum atomic E-state index is 11.5. The van der Waals surface area contributed by atoms with E-state index in [1.165, 1.54) is 5.01 Å². The topological polar surface area (TPSA) is 81.7 Å². The van der Waals surface area contributed by atoms with Gasteiger partial charge in [-0.15, -0.1) is 0 Å². The highest BCUT2D eigenvalue weighted by atomic mass is 16.4. The minimum Gasteiger partial charge on any atom is -0.481 e. The van der Waals surface area contributed by atoms with Gasteiger partial charge in [-0.05, 0) is 12.8 Å². The number of nitrogens with one attached hydrogen (secondary N) is 2. The molecule has 0 unspecified atom stereocenters. The Hall–Kier alpha value is -1.30. The first kappa shape index (κ1) is 12.8. The smallest absolute Gasteiger partial charge is 0.329 e. The summed E-state index contributed by atoms with van der Waals surface area (Å²) in [7, 11) is 3.41. The van der Waals surface area contributed by atoms with Gasteiger partial charge in [-0.1, -0.05) is 12.8 Å². The highest BCUT2D eigenvalue weighted by Gasteiger charge is 2.37. The number of carboxylic acids is 1. The van der Waals surface area contributed by atoms with E-state index in [-0.39, 0.29) is 12.5 Å². The number of nitrogens with zero attached hydrogens (tertiary/aromatic N) is 1. The molecule has 6 heteroatoms. The van der Waals surface area contributed by atoms with E-state index in [0.29, 0.717) is 0 Å². The van der Waals surface area contributed by atoms with Crippen molar-refractivity contribution >= 4 is 12.0 Å². The van der Waals surface area contributed by atoms with Crippen molar-refractivity contribution in [1.29, 1.82) is 0 Å². The van der Waals surface area contributed by atoms with Crippen LogP contribution in [0.2, 0.25) is 0 Å². The van der Waals surface area contributed by atoms with E-state index in [1.807, 2.05) is 0 Å². The molecule has 1 aliphatic rings. The number of carbonyl (C=O) groups excluding carboxylic acids is 1. The predicted octanol–water partition coefficient (Wildman–Crippen LogP) is 0.550. The lowest BCUT2D eigenvalue weighted by atomic mass is 9.93. The number of amides is 2. The van der Waals surface area contributed by atoms with Crippen LogP contribution in [-0.2, 0) is 4.79 Å². The molecular weight excluding hydrogens is 210 g/mol. The first-order valence-corrected chi connectivity index (χ1v) is 5.41. The number of hydrogen-bond acceptors (Lipinski definition) is 3. The molecule has 0 bridgehead atoms. The second kappa shape index (κ2) is 5.16. The van der Waals surface area contributed by atoms with Crippen molar-refractivity contribution in [3.8, 4) is 0 Å². The van der Waals surface area contributed by atoms with Crippen LogP contribution in [0.1, 0.15) is 32.1 Å². The Kier molecular flexibility index (Phi) is 4.12. The molecule has 0 heterocycles. The summed E-state index contributed by atoms with van der Waals surface area (Å²) in [6, 6.07) is -0.340. The molecule has 1 fully saturated rings. The van der Waals surface area contributed by atoms with E-state index in [9.17, 15) is 9.59 Å². The Morgan fingerprint density at radius 3 is 2.31 bits per heavy atom. The van der Waals surface area contributed by atoms with Gasteiger partial charge in [0.25, 0.3) is 0 Å². The predicted molar refractivity (Wildman–Crippen MR) is 58.8 cm³/mol. The normalized spacial score (nSPS) is 18.4. The number of urea groups is 1. The third kappa shape index (κ3) is 3.69. The molecule has 0 saturated heterocycles. The van der Waals surface area contributed by atoms with Crippen LogP contribution < -0.4 is 10.7 Å². The lowest BCUT2D eigenvalue weighted by Gasteiger charge is -2.29. The van der Waals surface area contributed by atoms with Crippen molar-refractivity contribution in [3.05, 3.63) is 0 Å². The van der Waals surface area contributed by atoms with Crippen molar-refractivity contribution in [1.82, 2.24) is 15.8 Å². The number of hydrazine groups is 1. The maximum absolute atomic E-state index is 11.5. The van der Waals surface area contributed by atoms with Gasteiger partial charge in [-0.3, -0.25) is 10.2 Å². The Labute approximate surface area is 95.0 Å². The average Bonchev–Trinajstić information content (AvgIpc) is 2.49. The first-order chi connectivity index (χ1) is 7.43. The monoisotopic (exact) mass is 229 g/mol. The lowest BCUT2D eigenvalue weighted by molar-refractivity contribution is -0.138. The minimum absolute atomic E-state index is 0.00610. The molecule has 0 atom stereocenters. The Bertz CT molecular complexity index is 272. The van der Waals surface area contributed by atoms with Gasteiger partial charge in [-0.2, -0.15) is 0 Å². The van der Waals surface area contributed by atoms with Crippen LogP contribution in [0.15, 0.2) is 0 Å². The van der Waals surface area contributed by atoms with Crippen molar-refractivity contribution in [2.45, 2.75) is 37.6 Å². The zero-order valence-electron chi connectivity index (χ0n) is 9.75. The summed E-state index contributed by atoms with van der Waals surface area (Å²) in [5.74, 6) is -0.868. The summed E-state index contributed by atoms with van der Waals surface area (Å²) >= 11 is 0. The number of aliphatic carboxylic acids is 1. The van der Waals surface area contributed by atoms with Crippen molar-refractivity contribution < 1.29 is 14.7 Å². The Morgan fingerprint density at radius 2 is 1.88 bits per heavy atom. The van der Waals surface area contributed by atoms with Gasteiger partial charge in [0.15, 0.2) is 0 Å². The van der Waals surface area contributed by atoms with Gasteiger partial charge >= 0.3 is 12.0 Å². The van der Waals surface area contributed by atoms with Gasteiger partial charge in [-0.25, -0.2) is 9.80 Å². The molecule has 0 spiro atoms. The van der Waals surface area contributed by atoms with E-state index in [4.69, 9.17) is 5.11 Å². The molecule has 1 rings (SSSR count). The summed E-state index contributed by atoms with van der Waals surface area (Å²) in [5, 5.41) is 13.2. The summed E-state index contributed by atoms with van der Waals surface area (Å²) in [6.45, 7) is 0. The van der Waals surface area contributed by atoms with E-state index in [0.717, 1.165) is 25.7 Å². The van der Waals surface area contributed by atoms with Gasteiger partial charge in [0.05, 0.1) is 12.0 Å². The average molecular weight is 229 g/mol. The van der Waals surface area contributed by atoms with Crippen LogP contribution in [0, 0.1) is 0 Å². The molecule has 1 aliphatic carbocycles. The third-order valence-corrected chi connectivity index (χ3v) is 2.75. The zero-order chi connectivity index (χ0) is 12.2. The molecule has 2 amide bonds. The fourth-order valence-corrected chi connectivity index (χ4v) is 2.16. The van der Waals surface area contributed by atoms with Crippen LogP contribution in [0.4, 0.5) is 4.79 Å². The maximum Gasteiger partial charge on any atom is 0.329 e. The van der Waals surface area contributed by atoms with E-state index >= 15 is 0 Å². The first-order valence-electron chi connectivity index (χ1n) is 5.41. The highest BCUT2D eigenvalue weighted by molar-refractivity contribution is 5.76. The zero-order valence-corrected chi connectivity index (χ0v) is 9.75. The van der Waals surface area contributed by atoms with Crippen LogP contribution in [0.5, 0.6) is 0 Å². The number of carboxylic acid groups (broad SMARTS) is 1. The lowest BCUT2D eigenvalue weighted by Crippen LogP contribution is -2.54. The largest absolute Gasteiger partial charge is 0.481 e. The molecule has 3 N–H and O–H groups in total.